The number of halogens is 2. The lowest BCUT2D eigenvalue weighted by Crippen LogP contribution is -2.02. The van der Waals surface area contributed by atoms with E-state index in [-0.39, 0.29) is 0 Å². The van der Waals surface area contributed by atoms with Crippen molar-refractivity contribution in [2.75, 3.05) is 11.9 Å². The van der Waals surface area contributed by atoms with Crippen molar-refractivity contribution < 1.29 is 0 Å². The molecule has 0 aliphatic carbocycles. The molecule has 21 heavy (non-hydrogen) atoms. The quantitative estimate of drug-likeness (QED) is 0.745. The van der Waals surface area contributed by atoms with Gasteiger partial charge in [-0.05, 0) is 26.0 Å². The Bertz CT molecular complexity index is 816. The molecular weight excluding hydrogens is 327 g/mol. The lowest BCUT2D eigenvalue weighted by atomic mass is 10.3. The van der Waals surface area contributed by atoms with Gasteiger partial charge < -0.3 is 5.32 Å². The predicted molar refractivity (Wildman–Crippen MR) is 89.6 cm³/mol. The number of hydrogen-bond donors (Lipinski definition) is 1. The molecule has 0 aliphatic heterocycles. The Morgan fingerprint density at radius 1 is 1.24 bits per heavy atom. The van der Waals surface area contributed by atoms with Crippen molar-refractivity contribution in [3.05, 3.63) is 33.3 Å². The van der Waals surface area contributed by atoms with Gasteiger partial charge in [0.2, 0.25) is 0 Å². The normalized spacial score (nSPS) is 11.0. The van der Waals surface area contributed by atoms with E-state index in [1.807, 2.05) is 6.92 Å². The van der Waals surface area contributed by atoms with E-state index in [1.165, 1.54) is 4.88 Å². The van der Waals surface area contributed by atoms with Gasteiger partial charge in [0.1, 0.15) is 16.3 Å². The van der Waals surface area contributed by atoms with Crippen LogP contribution in [0.1, 0.15) is 11.8 Å². The number of pyridine rings is 1. The van der Waals surface area contributed by atoms with Crippen LogP contribution in [0.2, 0.25) is 10.0 Å². The predicted octanol–water partition coefficient (Wildman–Crippen LogP) is 4.80. The summed E-state index contributed by atoms with van der Waals surface area (Å²) in [7, 11) is 0. The number of rotatable bonds is 3. The van der Waals surface area contributed by atoms with Crippen molar-refractivity contribution in [3.8, 4) is 11.5 Å². The average molecular weight is 339 g/mol. The van der Waals surface area contributed by atoms with Gasteiger partial charge in [0, 0.05) is 17.6 Å². The third-order valence-electron chi connectivity index (χ3n) is 2.88. The number of fused-ring (bicyclic) bond motifs is 1. The zero-order valence-electron chi connectivity index (χ0n) is 11.4. The fourth-order valence-corrected chi connectivity index (χ4v) is 3.37. The van der Waals surface area contributed by atoms with E-state index in [2.05, 4.69) is 33.3 Å². The number of nitrogens with zero attached hydrogens (tertiary/aromatic N) is 3. The second kappa shape index (κ2) is 5.75. The zero-order chi connectivity index (χ0) is 15.0. The first-order chi connectivity index (χ1) is 10.1. The number of thiophene rings is 1. The van der Waals surface area contributed by atoms with Gasteiger partial charge in [0.05, 0.1) is 15.4 Å². The molecule has 3 aromatic rings. The van der Waals surface area contributed by atoms with Gasteiger partial charge in [-0.1, -0.05) is 23.2 Å². The maximum absolute atomic E-state index is 6.21. The van der Waals surface area contributed by atoms with Crippen molar-refractivity contribution in [2.45, 2.75) is 13.8 Å². The molecule has 4 nitrogen and oxygen atoms in total. The lowest BCUT2D eigenvalue weighted by Gasteiger charge is -2.07. The van der Waals surface area contributed by atoms with E-state index < -0.39 is 0 Å². The first kappa shape index (κ1) is 14.5. The molecule has 0 bridgehead atoms. The van der Waals surface area contributed by atoms with Crippen molar-refractivity contribution >= 4 is 50.6 Å². The summed E-state index contributed by atoms with van der Waals surface area (Å²) in [5, 5.41) is 5.22. The molecule has 0 aliphatic rings. The van der Waals surface area contributed by atoms with Gasteiger partial charge in [0.25, 0.3) is 0 Å². The van der Waals surface area contributed by atoms with E-state index in [9.17, 15) is 0 Å². The molecule has 0 aromatic carbocycles. The van der Waals surface area contributed by atoms with Crippen molar-refractivity contribution in [2.24, 2.45) is 0 Å². The molecule has 0 amide bonds. The Morgan fingerprint density at radius 3 is 2.76 bits per heavy atom. The van der Waals surface area contributed by atoms with Crippen LogP contribution in [0.25, 0.3) is 21.7 Å². The van der Waals surface area contributed by atoms with Crippen molar-refractivity contribution in [3.63, 3.8) is 0 Å². The van der Waals surface area contributed by atoms with Crippen LogP contribution in [-0.2, 0) is 0 Å². The van der Waals surface area contributed by atoms with E-state index in [0.29, 0.717) is 21.6 Å². The molecule has 3 rings (SSSR count). The van der Waals surface area contributed by atoms with Crippen molar-refractivity contribution in [1.29, 1.82) is 0 Å². The van der Waals surface area contributed by atoms with Crippen LogP contribution >= 0.6 is 34.5 Å². The molecule has 0 spiro atoms. The van der Waals surface area contributed by atoms with E-state index in [1.54, 1.807) is 23.6 Å². The van der Waals surface area contributed by atoms with Crippen LogP contribution in [0.3, 0.4) is 0 Å². The molecule has 1 N–H and O–H groups in total. The molecule has 0 unspecified atom stereocenters. The minimum atomic E-state index is 0.442. The summed E-state index contributed by atoms with van der Waals surface area (Å²) in [6.45, 7) is 4.86. The van der Waals surface area contributed by atoms with Crippen LogP contribution in [0.15, 0.2) is 18.3 Å². The second-order valence-corrected chi connectivity index (χ2v) is 6.56. The highest BCUT2D eigenvalue weighted by atomic mass is 35.5. The number of nitrogens with one attached hydrogen (secondary N) is 1. The smallest absolute Gasteiger partial charge is 0.183 e. The van der Waals surface area contributed by atoms with E-state index in [0.717, 1.165) is 22.6 Å². The number of aryl methyl sites for hydroxylation is 1. The summed E-state index contributed by atoms with van der Waals surface area (Å²) in [6, 6.07) is 3.73. The molecule has 0 fully saturated rings. The highest BCUT2D eigenvalue weighted by Gasteiger charge is 2.14. The Hall–Kier alpha value is -1.43. The first-order valence-electron chi connectivity index (χ1n) is 6.42. The van der Waals surface area contributed by atoms with Gasteiger partial charge >= 0.3 is 0 Å². The standard InChI is InChI=1S/C14H12Cl2N4S/c1-3-17-12-9-4-7(2)21-14(9)20-13(19-12)11-10(16)5-8(15)6-18-11/h4-6H,3H2,1-2H3,(H,17,19,20). The average Bonchev–Trinajstić information content (AvgIpc) is 2.79. The first-order valence-corrected chi connectivity index (χ1v) is 7.99. The van der Waals surface area contributed by atoms with Gasteiger partial charge in [-0.2, -0.15) is 0 Å². The monoisotopic (exact) mass is 338 g/mol. The van der Waals surface area contributed by atoms with Gasteiger partial charge in [-0.25, -0.2) is 15.0 Å². The molecule has 3 aromatic heterocycles. The van der Waals surface area contributed by atoms with Crippen LogP contribution in [-0.4, -0.2) is 21.5 Å². The van der Waals surface area contributed by atoms with Crippen LogP contribution < -0.4 is 5.32 Å². The summed E-state index contributed by atoms with van der Waals surface area (Å²) in [6.07, 6.45) is 1.54. The third-order valence-corrected chi connectivity index (χ3v) is 4.32. The molecule has 3 heterocycles. The third kappa shape index (κ3) is 2.81. The Balaban J connectivity index is 2.22. The van der Waals surface area contributed by atoms with Gasteiger partial charge in [-0.3, -0.25) is 0 Å². The molecule has 108 valence electrons. The molecule has 0 atom stereocenters. The van der Waals surface area contributed by atoms with Crippen LogP contribution in [0, 0.1) is 6.92 Å². The second-order valence-electron chi connectivity index (χ2n) is 4.49. The summed E-state index contributed by atoms with van der Waals surface area (Å²) in [4.78, 5) is 15.5. The molecule has 7 heteroatoms. The Kier molecular flexibility index (Phi) is 3.97. The highest BCUT2D eigenvalue weighted by molar-refractivity contribution is 7.18. The molecule has 0 radical (unpaired) electrons. The summed E-state index contributed by atoms with van der Waals surface area (Å²) in [5.41, 5.74) is 0.535. The highest BCUT2D eigenvalue weighted by Crippen LogP contribution is 2.32. The maximum Gasteiger partial charge on any atom is 0.183 e. The summed E-state index contributed by atoms with van der Waals surface area (Å²) in [5.74, 6) is 1.30. The molecular formula is C14H12Cl2N4S. The number of anilines is 1. The summed E-state index contributed by atoms with van der Waals surface area (Å²) >= 11 is 13.7. The van der Waals surface area contributed by atoms with E-state index >= 15 is 0 Å². The largest absolute Gasteiger partial charge is 0.370 e. The van der Waals surface area contributed by atoms with E-state index in [4.69, 9.17) is 23.2 Å². The topological polar surface area (TPSA) is 50.7 Å². The van der Waals surface area contributed by atoms with Crippen LogP contribution in [0.4, 0.5) is 5.82 Å². The minimum Gasteiger partial charge on any atom is -0.370 e. The number of aromatic nitrogens is 3. The lowest BCUT2D eigenvalue weighted by molar-refractivity contribution is 1.13. The Morgan fingerprint density at radius 2 is 2.05 bits per heavy atom. The fourth-order valence-electron chi connectivity index (χ4n) is 2.03. The zero-order valence-corrected chi connectivity index (χ0v) is 13.8. The van der Waals surface area contributed by atoms with Gasteiger partial charge in [0.15, 0.2) is 5.82 Å². The SMILES string of the molecule is CCNc1nc(-c2ncc(Cl)cc2Cl)nc2sc(C)cc12. The fraction of sp³-hybridized carbons (Fsp3) is 0.214. The maximum atomic E-state index is 6.21. The number of hydrogen-bond acceptors (Lipinski definition) is 5. The van der Waals surface area contributed by atoms with Crippen molar-refractivity contribution in [1.82, 2.24) is 15.0 Å². The minimum absolute atomic E-state index is 0.442. The molecule has 0 saturated carbocycles. The molecule has 0 saturated heterocycles. The summed E-state index contributed by atoms with van der Waals surface area (Å²) < 4.78 is 0. The Labute approximate surface area is 136 Å². The van der Waals surface area contributed by atoms with Gasteiger partial charge in [-0.15, -0.1) is 11.3 Å². The van der Waals surface area contributed by atoms with Crippen LogP contribution in [0.5, 0.6) is 0 Å².